The first-order valence-electron chi connectivity index (χ1n) is 9.97. The van der Waals surface area contributed by atoms with Crippen LogP contribution in [-0.2, 0) is 7.05 Å². The molecule has 5 nitrogen and oxygen atoms in total. The largest absolute Gasteiger partial charge is 0.351 e. The molecule has 0 aliphatic heterocycles. The minimum absolute atomic E-state index is 0.106. The first-order valence-corrected chi connectivity index (χ1v) is 9.97. The molecule has 144 valence electrons. The molecule has 5 heteroatoms. The van der Waals surface area contributed by atoms with Crippen molar-refractivity contribution in [3.8, 4) is 11.1 Å². The average Bonchev–Trinajstić information content (AvgIpc) is 3.04. The molecule has 1 fully saturated rings. The van der Waals surface area contributed by atoms with E-state index >= 15 is 0 Å². The standard InChI is InChI=1S/C23H26N4O/c1-16-20(14-21(27(16)2)17-7-4-3-5-8-17)23(28)26-22-13-18(10-12-25-22)19-9-6-11-24-15-19/h6,9-15,17H,3-5,7-8H2,1-2H3,(H,25,26,28). The molecule has 28 heavy (non-hydrogen) atoms. The van der Waals surface area contributed by atoms with E-state index in [0.717, 1.165) is 22.4 Å². The third-order valence-corrected chi connectivity index (χ3v) is 5.84. The highest BCUT2D eigenvalue weighted by molar-refractivity contribution is 6.05. The summed E-state index contributed by atoms with van der Waals surface area (Å²) >= 11 is 0. The van der Waals surface area contributed by atoms with E-state index < -0.39 is 0 Å². The van der Waals surface area contributed by atoms with Crippen LogP contribution in [0, 0.1) is 6.92 Å². The van der Waals surface area contributed by atoms with Crippen LogP contribution in [0.2, 0.25) is 0 Å². The first-order chi connectivity index (χ1) is 13.6. The molecule has 0 saturated heterocycles. The molecule has 4 rings (SSSR count). The number of nitrogens with zero attached hydrogens (tertiary/aromatic N) is 3. The fourth-order valence-electron chi connectivity index (χ4n) is 4.14. The number of pyridine rings is 2. The Morgan fingerprint density at radius 2 is 1.93 bits per heavy atom. The van der Waals surface area contributed by atoms with E-state index in [1.54, 1.807) is 18.6 Å². The van der Waals surface area contributed by atoms with Gasteiger partial charge in [-0.1, -0.05) is 25.3 Å². The van der Waals surface area contributed by atoms with E-state index in [9.17, 15) is 4.79 Å². The molecule has 3 aromatic rings. The fraction of sp³-hybridized carbons (Fsp3) is 0.348. The van der Waals surface area contributed by atoms with Gasteiger partial charge in [-0.2, -0.15) is 0 Å². The van der Waals surface area contributed by atoms with Crippen LogP contribution in [0.25, 0.3) is 11.1 Å². The molecule has 0 spiro atoms. The fourth-order valence-corrected chi connectivity index (χ4v) is 4.14. The van der Waals surface area contributed by atoms with E-state index in [1.807, 2.05) is 31.2 Å². The molecular weight excluding hydrogens is 348 g/mol. The molecule has 1 aliphatic rings. The topological polar surface area (TPSA) is 59.8 Å². The number of nitrogens with one attached hydrogen (secondary N) is 1. The number of hydrogen-bond donors (Lipinski definition) is 1. The number of amides is 1. The summed E-state index contributed by atoms with van der Waals surface area (Å²) in [7, 11) is 2.07. The molecule has 1 saturated carbocycles. The van der Waals surface area contributed by atoms with Gasteiger partial charge in [0.15, 0.2) is 0 Å². The van der Waals surface area contributed by atoms with Gasteiger partial charge in [-0.05, 0) is 55.5 Å². The predicted molar refractivity (Wildman–Crippen MR) is 111 cm³/mol. The highest BCUT2D eigenvalue weighted by Crippen LogP contribution is 2.34. The zero-order valence-corrected chi connectivity index (χ0v) is 16.5. The Bertz CT molecular complexity index is 972. The summed E-state index contributed by atoms with van der Waals surface area (Å²) in [5.41, 5.74) is 4.99. The van der Waals surface area contributed by atoms with Gasteiger partial charge in [0, 0.05) is 42.6 Å². The van der Waals surface area contributed by atoms with Crippen LogP contribution in [0.15, 0.2) is 48.9 Å². The van der Waals surface area contributed by atoms with E-state index in [4.69, 9.17) is 0 Å². The molecule has 1 amide bonds. The van der Waals surface area contributed by atoms with E-state index in [2.05, 4.69) is 33.0 Å². The second kappa shape index (κ2) is 7.97. The number of carbonyl (C=O) groups is 1. The van der Waals surface area contributed by atoms with Crippen molar-refractivity contribution in [1.82, 2.24) is 14.5 Å². The normalized spacial score (nSPS) is 14.8. The molecule has 0 radical (unpaired) electrons. The number of hydrogen-bond acceptors (Lipinski definition) is 3. The molecule has 0 bridgehead atoms. The van der Waals surface area contributed by atoms with E-state index in [1.165, 1.54) is 37.8 Å². The molecule has 0 atom stereocenters. The van der Waals surface area contributed by atoms with Gasteiger partial charge in [0.25, 0.3) is 5.91 Å². The minimum atomic E-state index is -0.106. The van der Waals surface area contributed by atoms with Crippen molar-refractivity contribution < 1.29 is 4.79 Å². The number of carbonyl (C=O) groups excluding carboxylic acids is 1. The average molecular weight is 374 g/mol. The van der Waals surface area contributed by atoms with Crippen LogP contribution >= 0.6 is 0 Å². The third-order valence-electron chi connectivity index (χ3n) is 5.84. The van der Waals surface area contributed by atoms with Gasteiger partial charge in [-0.15, -0.1) is 0 Å². The summed E-state index contributed by atoms with van der Waals surface area (Å²) in [6.07, 6.45) is 11.6. The van der Waals surface area contributed by atoms with Crippen molar-refractivity contribution in [1.29, 1.82) is 0 Å². The quantitative estimate of drug-likeness (QED) is 0.692. The van der Waals surface area contributed by atoms with Crippen LogP contribution in [0.3, 0.4) is 0 Å². The highest BCUT2D eigenvalue weighted by Gasteiger charge is 2.23. The zero-order valence-electron chi connectivity index (χ0n) is 16.5. The first kappa shape index (κ1) is 18.4. The SMILES string of the molecule is Cc1c(C(=O)Nc2cc(-c3cccnc3)ccn2)cc(C2CCCCC2)n1C. The smallest absolute Gasteiger partial charge is 0.258 e. The summed E-state index contributed by atoms with van der Waals surface area (Å²) in [4.78, 5) is 21.4. The molecule has 0 unspecified atom stereocenters. The number of anilines is 1. The van der Waals surface area contributed by atoms with Crippen molar-refractivity contribution in [2.75, 3.05) is 5.32 Å². The summed E-state index contributed by atoms with van der Waals surface area (Å²) in [6, 6.07) is 9.77. The Kier molecular flexibility index (Phi) is 5.24. The van der Waals surface area contributed by atoms with Crippen LogP contribution in [0.4, 0.5) is 5.82 Å². The second-order valence-corrected chi connectivity index (χ2v) is 7.59. The molecule has 1 N–H and O–H groups in total. The van der Waals surface area contributed by atoms with Crippen molar-refractivity contribution >= 4 is 11.7 Å². The molecular formula is C23H26N4O. The molecule has 0 aromatic carbocycles. The summed E-state index contributed by atoms with van der Waals surface area (Å²) in [5, 5.41) is 2.97. The van der Waals surface area contributed by atoms with Crippen LogP contribution in [0.1, 0.15) is 59.8 Å². The lowest BCUT2D eigenvalue weighted by Crippen LogP contribution is -2.14. The lowest BCUT2D eigenvalue weighted by Gasteiger charge is -2.22. The van der Waals surface area contributed by atoms with Gasteiger partial charge in [0.1, 0.15) is 5.82 Å². The highest BCUT2D eigenvalue weighted by atomic mass is 16.1. The lowest BCUT2D eigenvalue weighted by molar-refractivity contribution is 0.102. The third kappa shape index (κ3) is 3.70. The summed E-state index contributed by atoms with van der Waals surface area (Å²) < 4.78 is 2.18. The Hall–Kier alpha value is -2.95. The Morgan fingerprint density at radius 3 is 2.68 bits per heavy atom. The van der Waals surface area contributed by atoms with Crippen molar-refractivity contribution in [3.63, 3.8) is 0 Å². The Morgan fingerprint density at radius 1 is 1.11 bits per heavy atom. The number of rotatable bonds is 4. The number of aromatic nitrogens is 3. The Labute approximate surface area is 165 Å². The van der Waals surface area contributed by atoms with Crippen molar-refractivity contribution in [3.05, 3.63) is 65.9 Å². The van der Waals surface area contributed by atoms with Gasteiger partial charge in [-0.3, -0.25) is 9.78 Å². The van der Waals surface area contributed by atoms with Crippen LogP contribution < -0.4 is 5.32 Å². The van der Waals surface area contributed by atoms with Crippen molar-refractivity contribution in [2.24, 2.45) is 7.05 Å². The van der Waals surface area contributed by atoms with Gasteiger partial charge < -0.3 is 9.88 Å². The van der Waals surface area contributed by atoms with Crippen molar-refractivity contribution in [2.45, 2.75) is 44.9 Å². The summed E-state index contributed by atoms with van der Waals surface area (Å²) in [6.45, 7) is 2.01. The second-order valence-electron chi connectivity index (χ2n) is 7.59. The van der Waals surface area contributed by atoms with Gasteiger partial charge in [0.2, 0.25) is 0 Å². The monoisotopic (exact) mass is 374 g/mol. The summed E-state index contributed by atoms with van der Waals surface area (Å²) in [5.74, 6) is 1.01. The maximum absolute atomic E-state index is 13.0. The van der Waals surface area contributed by atoms with E-state index in [-0.39, 0.29) is 5.91 Å². The Balaban J connectivity index is 1.56. The maximum Gasteiger partial charge on any atom is 0.258 e. The molecule has 3 aromatic heterocycles. The predicted octanol–water partition coefficient (Wildman–Crippen LogP) is 5.09. The molecule has 3 heterocycles. The zero-order chi connectivity index (χ0) is 19.5. The lowest BCUT2D eigenvalue weighted by atomic mass is 9.87. The van der Waals surface area contributed by atoms with Crippen LogP contribution in [-0.4, -0.2) is 20.4 Å². The van der Waals surface area contributed by atoms with E-state index in [0.29, 0.717) is 11.7 Å². The van der Waals surface area contributed by atoms with Crippen LogP contribution in [0.5, 0.6) is 0 Å². The van der Waals surface area contributed by atoms with Gasteiger partial charge in [-0.25, -0.2) is 4.98 Å². The van der Waals surface area contributed by atoms with Gasteiger partial charge >= 0.3 is 0 Å². The minimum Gasteiger partial charge on any atom is -0.351 e. The molecule has 1 aliphatic carbocycles. The maximum atomic E-state index is 13.0. The van der Waals surface area contributed by atoms with Gasteiger partial charge in [0.05, 0.1) is 5.56 Å².